The monoisotopic (exact) mass is 552 g/mol. The van der Waals surface area contributed by atoms with Crippen LogP contribution in [0.3, 0.4) is 0 Å². The van der Waals surface area contributed by atoms with Crippen molar-refractivity contribution in [3.8, 4) is 11.1 Å². The fourth-order valence-corrected chi connectivity index (χ4v) is 4.96. The summed E-state index contributed by atoms with van der Waals surface area (Å²) in [7, 11) is 1.29. The van der Waals surface area contributed by atoms with Gasteiger partial charge in [-0.15, -0.1) is 11.6 Å². The molecule has 0 bridgehead atoms. The molecular formula is C30H43ClN2O5. The Hall–Kier alpha value is -2.61. The second-order valence-corrected chi connectivity index (χ2v) is 9.60. The number of piperidine rings is 1. The summed E-state index contributed by atoms with van der Waals surface area (Å²) in [5.41, 5.74) is 4.48. The zero-order chi connectivity index (χ0) is 31.0. The Bertz CT molecular complexity index is 1050. The lowest BCUT2D eigenvalue weighted by Gasteiger charge is -2.38. The zero-order valence-corrected chi connectivity index (χ0v) is 22.9. The van der Waals surface area contributed by atoms with Gasteiger partial charge in [-0.25, -0.2) is 4.79 Å². The van der Waals surface area contributed by atoms with E-state index in [2.05, 4.69) is 46.3 Å². The van der Waals surface area contributed by atoms with Crippen LogP contribution in [-0.4, -0.2) is 74.8 Å². The number of likely N-dealkylation sites (tertiary alicyclic amines) is 1. The molecule has 7 nitrogen and oxygen atoms in total. The Kier molecular flexibility index (Phi) is 11.1. The summed E-state index contributed by atoms with van der Waals surface area (Å²) in [6, 6.07) is 16.5. The third kappa shape index (κ3) is 8.45. The average Bonchev–Trinajstić information content (AvgIpc) is 3.31. The molecule has 1 fully saturated rings. The summed E-state index contributed by atoms with van der Waals surface area (Å²) in [4.78, 5) is 26.5. The van der Waals surface area contributed by atoms with Gasteiger partial charge in [0.2, 0.25) is 7.34 Å². The molecule has 2 amide bonds. The van der Waals surface area contributed by atoms with Crippen molar-refractivity contribution in [1.29, 1.82) is 1.43 Å². The first-order chi connectivity index (χ1) is 20.2. The van der Waals surface area contributed by atoms with Crippen LogP contribution in [0.25, 0.3) is 11.1 Å². The largest absolute Gasteiger partial charge is 0.449 e. The second kappa shape index (κ2) is 16.4. The van der Waals surface area contributed by atoms with Gasteiger partial charge in [0.25, 0.3) is 0 Å². The molecule has 0 saturated carbocycles. The van der Waals surface area contributed by atoms with E-state index in [0.717, 1.165) is 19.3 Å². The van der Waals surface area contributed by atoms with Crippen LogP contribution in [0.15, 0.2) is 48.5 Å². The summed E-state index contributed by atoms with van der Waals surface area (Å²) < 4.78 is 30.9. The maximum absolute atomic E-state index is 12.4. The maximum Gasteiger partial charge on any atom is 0.407 e. The quantitative estimate of drug-likeness (QED) is 0.294. The molecular weight excluding hydrogens is 504 g/mol. The number of alkyl halides is 1. The molecule has 2 aliphatic rings. The summed E-state index contributed by atoms with van der Waals surface area (Å²) in [5.74, 6) is 0.198. The molecule has 1 aliphatic carbocycles. The average molecular weight is 553 g/mol. The van der Waals surface area contributed by atoms with Gasteiger partial charge in [-0.1, -0.05) is 61.9 Å². The van der Waals surface area contributed by atoms with Crippen LogP contribution in [0.4, 0.5) is 4.79 Å². The van der Waals surface area contributed by atoms with Gasteiger partial charge < -0.3 is 25.2 Å². The molecule has 1 aliphatic heterocycles. The number of aliphatic hydroxyl groups is 2. The third-order valence-corrected chi connectivity index (χ3v) is 7.19. The first-order valence-corrected chi connectivity index (χ1v) is 13.4. The summed E-state index contributed by atoms with van der Waals surface area (Å²) >= 11 is 4.61. The van der Waals surface area contributed by atoms with E-state index in [1.807, 2.05) is 29.2 Å². The fourth-order valence-electron chi connectivity index (χ4n) is 4.96. The molecule has 0 spiro atoms. The van der Waals surface area contributed by atoms with Crippen molar-refractivity contribution >= 4 is 23.6 Å². The number of hydrogen-bond acceptors (Lipinski definition) is 5. The standard InChI is InChI=1S/C28H36N2O4.CH3Cl.CH4O/c1-28(20-31)14-17-30(18-15-28)26(32)13-3-2-8-16-29-27(33)34-19-25-23-11-6-4-9-21(23)22-10-5-7-12-24(22)25;2*1-2/h4-7,9-12,25,31H,2-3,8,13-20H2,1H3,(H,29,33);1H3;2H,1H3/i1D;1TD;2T. The lowest BCUT2D eigenvalue weighted by Crippen LogP contribution is -2.43. The van der Waals surface area contributed by atoms with Crippen molar-refractivity contribution < 1.29 is 28.7 Å². The van der Waals surface area contributed by atoms with Gasteiger partial charge in [0, 0.05) is 56.1 Å². The van der Waals surface area contributed by atoms with Crippen LogP contribution in [0, 0.1) is 5.41 Å². The molecule has 8 heteroatoms. The summed E-state index contributed by atoms with van der Waals surface area (Å²) in [5, 5.41) is 15.9. The van der Waals surface area contributed by atoms with Crippen LogP contribution >= 0.6 is 11.6 Å². The van der Waals surface area contributed by atoms with Gasteiger partial charge in [-0.3, -0.25) is 4.79 Å². The molecule has 210 valence electrons. The van der Waals surface area contributed by atoms with Gasteiger partial charge in [-0.2, -0.15) is 0 Å². The molecule has 2 aromatic carbocycles. The highest BCUT2D eigenvalue weighted by Crippen LogP contribution is 2.44. The number of rotatable bonds is 9. The van der Waals surface area contributed by atoms with Gasteiger partial charge in [-0.05, 0) is 53.4 Å². The van der Waals surface area contributed by atoms with E-state index in [9.17, 15) is 14.7 Å². The topological polar surface area (TPSA) is 99.1 Å². The second-order valence-electron chi connectivity index (χ2n) is 9.60. The maximum atomic E-state index is 12.4. The number of alkyl carbamates (subject to hydrolysis) is 1. The summed E-state index contributed by atoms with van der Waals surface area (Å²) in [6.45, 7) is 2.32. The van der Waals surface area contributed by atoms with Gasteiger partial charge in [0.15, 0.2) is 0 Å². The van der Waals surface area contributed by atoms with Crippen molar-refractivity contribution in [2.24, 2.45) is 5.41 Å². The molecule has 1 saturated heterocycles. The van der Waals surface area contributed by atoms with E-state index in [0.29, 0.717) is 45.5 Å². The number of halogens is 1. The number of benzene rings is 2. The molecule has 0 aromatic heterocycles. The van der Waals surface area contributed by atoms with Crippen molar-refractivity contribution in [1.82, 2.24) is 10.2 Å². The highest BCUT2D eigenvalue weighted by Gasteiger charge is 2.31. The fraction of sp³-hybridized carbons (Fsp3) is 0.533. The Morgan fingerprint density at radius 3 is 2.29 bits per heavy atom. The van der Waals surface area contributed by atoms with Crippen LogP contribution < -0.4 is 5.32 Å². The van der Waals surface area contributed by atoms with E-state index in [-0.39, 0.29) is 30.7 Å². The van der Waals surface area contributed by atoms with Crippen LogP contribution in [-0.2, 0) is 9.53 Å². The van der Waals surface area contributed by atoms with Gasteiger partial charge in [0.05, 0.1) is 0 Å². The minimum atomic E-state index is -1.19. The van der Waals surface area contributed by atoms with E-state index >= 15 is 0 Å². The van der Waals surface area contributed by atoms with Crippen molar-refractivity contribution in [2.45, 2.75) is 51.3 Å². The highest BCUT2D eigenvalue weighted by atomic mass is 35.5. The lowest BCUT2D eigenvalue weighted by atomic mass is 9.81. The molecule has 0 radical (unpaired) electrons. The first kappa shape index (κ1) is 25.7. The highest BCUT2D eigenvalue weighted by molar-refractivity contribution is 6.15. The van der Waals surface area contributed by atoms with Gasteiger partial charge in [0.1, 0.15) is 6.61 Å². The van der Waals surface area contributed by atoms with E-state index in [4.69, 9.17) is 10.3 Å². The van der Waals surface area contributed by atoms with E-state index in [1.165, 1.54) is 29.4 Å². The predicted molar refractivity (Wildman–Crippen MR) is 152 cm³/mol. The number of hydrogen-bond donors (Lipinski definition) is 3. The minimum Gasteiger partial charge on any atom is -0.449 e. The normalized spacial score (nSPS) is 17.4. The Labute approximate surface area is 237 Å². The number of carbonyl (C=O) groups is 2. The Balaban J connectivity index is 0.000000797. The number of aliphatic hydroxyl groups excluding tert-OH is 2. The molecule has 4 rings (SSSR count). The third-order valence-electron chi connectivity index (χ3n) is 7.19. The first-order valence-electron chi connectivity index (χ1n) is 15.2. The molecule has 2 aromatic rings. The van der Waals surface area contributed by atoms with Crippen molar-refractivity contribution in [3.63, 3.8) is 0 Å². The zero-order valence-electron chi connectivity index (χ0n) is 26.2. The van der Waals surface area contributed by atoms with Gasteiger partial charge >= 0.3 is 6.09 Å². The molecule has 1 heterocycles. The SMILES string of the molecule is [2H]C([3H])Cl.[2H]CC1(CO)CCN(C(=O)CCCCCNC(=O)OCC2c3ccccc3-c3ccccc32)CC1.[3H]OC. The molecule has 1 unspecified atom stereocenters. The molecule has 1 atom stereocenters. The number of nitrogens with one attached hydrogen (secondary N) is 1. The number of unbranched alkanes of at least 4 members (excludes halogenated alkanes) is 2. The predicted octanol–water partition coefficient (Wildman–Crippen LogP) is 5.17. The Morgan fingerprint density at radius 2 is 1.74 bits per heavy atom. The van der Waals surface area contributed by atoms with Crippen molar-refractivity contribution in [2.75, 3.05) is 46.3 Å². The minimum absolute atomic E-state index is 0.0230. The number of nitrogens with zero attached hydrogens (tertiary/aromatic N) is 1. The lowest BCUT2D eigenvalue weighted by molar-refractivity contribution is -0.134. The number of carbonyl (C=O) groups excluding carboxylic acids is 2. The van der Waals surface area contributed by atoms with Crippen LogP contribution in [0.1, 0.15) is 66.6 Å². The van der Waals surface area contributed by atoms with Crippen LogP contribution in [0.5, 0.6) is 0 Å². The number of ether oxygens (including phenoxy) is 1. The van der Waals surface area contributed by atoms with E-state index < -0.39 is 12.4 Å². The van der Waals surface area contributed by atoms with Crippen molar-refractivity contribution in [3.05, 3.63) is 59.7 Å². The molecule has 3 N–H and O–H groups in total. The van der Waals surface area contributed by atoms with E-state index in [1.54, 1.807) is 0 Å². The number of fused-ring (bicyclic) bond motifs is 3. The smallest absolute Gasteiger partial charge is 0.407 e. The molecule has 38 heavy (non-hydrogen) atoms. The number of amides is 2. The van der Waals surface area contributed by atoms with Crippen LogP contribution in [0.2, 0.25) is 0 Å². The summed E-state index contributed by atoms with van der Waals surface area (Å²) in [6.07, 6.45) is 2.73. The Morgan fingerprint density at radius 1 is 1.16 bits per heavy atom.